The van der Waals surface area contributed by atoms with Gasteiger partial charge in [0.05, 0.1) is 13.1 Å². The lowest BCUT2D eigenvalue weighted by atomic mass is 10.1. The molecule has 0 saturated carbocycles. The number of rotatable bonds is 12. The normalized spacial score (nSPS) is 13.5. The van der Waals surface area contributed by atoms with E-state index in [4.69, 9.17) is 0 Å². The van der Waals surface area contributed by atoms with E-state index < -0.39 is 0 Å². The Bertz CT molecular complexity index is 545. The summed E-state index contributed by atoms with van der Waals surface area (Å²) in [4.78, 5) is 0. The Morgan fingerprint density at radius 2 is 1.80 bits per heavy atom. The minimum atomic E-state index is 0.735. The van der Waals surface area contributed by atoms with Gasteiger partial charge in [-0.25, -0.2) is 0 Å². The molecule has 0 aromatic heterocycles. The van der Waals surface area contributed by atoms with Gasteiger partial charge < -0.3 is 15.1 Å². The van der Waals surface area contributed by atoms with E-state index in [9.17, 15) is 0 Å². The zero-order valence-electron chi connectivity index (χ0n) is 17.0. The number of nitrogens with one attached hydrogen (secondary N) is 2. The summed E-state index contributed by atoms with van der Waals surface area (Å²) in [6.07, 6.45) is 1.25. The smallest absolute Gasteiger partial charge is 0.105 e. The monoisotopic (exact) mass is 344 g/mol. The van der Waals surface area contributed by atoms with Gasteiger partial charge in [-0.1, -0.05) is 39.1 Å². The Kier molecular flexibility index (Phi) is 8.95. The number of benzene rings is 1. The van der Waals surface area contributed by atoms with Crippen LogP contribution < -0.4 is 10.6 Å². The van der Waals surface area contributed by atoms with Crippen LogP contribution in [-0.4, -0.2) is 37.7 Å². The first-order chi connectivity index (χ1) is 11.8. The fraction of sp³-hybridized carbons (Fsp3) is 0.545. The molecule has 0 saturated heterocycles. The SMILES string of the molecule is C=C(C)C[N+](CC)(CCC(C)C)Cc1ccc(NC(=C)CNC)cc1. The average Bonchev–Trinajstić information content (AvgIpc) is 2.54. The van der Waals surface area contributed by atoms with Crippen molar-refractivity contribution in [2.45, 2.75) is 40.7 Å². The van der Waals surface area contributed by atoms with E-state index in [1.54, 1.807) is 0 Å². The zero-order valence-corrected chi connectivity index (χ0v) is 17.0. The van der Waals surface area contributed by atoms with Gasteiger partial charge in [0.1, 0.15) is 13.1 Å². The van der Waals surface area contributed by atoms with Gasteiger partial charge in [-0.3, -0.25) is 0 Å². The molecular formula is C22H38N3+. The van der Waals surface area contributed by atoms with Crippen molar-refractivity contribution in [3.8, 4) is 0 Å². The van der Waals surface area contributed by atoms with Crippen LogP contribution in [0.25, 0.3) is 0 Å². The Morgan fingerprint density at radius 1 is 1.16 bits per heavy atom. The second-order valence-electron chi connectivity index (χ2n) is 7.79. The minimum absolute atomic E-state index is 0.735. The molecule has 0 fully saturated rings. The van der Waals surface area contributed by atoms with Crippen LogP contribution in [0.4, 0.5) is 5.69 Å². The van der Waals surface area contributed by atoms with Crippen molar-refractivity contribution in [1.82, 2.24) is 5.32 Å². The topological polar surface area (TPSA) is 24.1 Å². The van der Waals surface area contributed by atoms with Crippen molar-refractivity contribution >= 4 is 5.69 Å². The highest BCUT2D eigenvalue weighted by Crippen LogP contribution is 2.21. The molecule has 1 unspecified atom stereocenters. The van der Waals surface area contributed by atoms with E-state index in [1.165, 1.54) is 24.1 Å². The van der Waals surface area contributed by atoms with Crippen molar-refractivity contribution in [3.63, 3.8) is 0 Å². The number of hydrogen-bond donors (Lipinski definition) is 2. The molecule has 0 heterocycles. The van der Waals surface area contributed by atoms with Crippen LogP contribution in [0, 0.1) is 5.92 Å². The van der Waals surface area contributed by atoms with Crippen LogP contribution in [0.5, 0.6) is 0 Å². The predicted octanol–water partition coefficient (Wildman–Crippen LogP) is 4.79. The molecule has 0 radical (unpaired) electrons. The summed E-state index contributed by atoms with van der Waals surface area (Å²) in [5.41, 5.74) is 4.73. The van der Waals surface area contributed by atoms with E-state index in [0.717, 1.165) is 48.0 Å². The highest BCUT2D eigenvalue weighted by Gasteiger charge is 2.26. The van der Waals surface area contributed by atoms with Crippen LogP contribution in [0.2, 0.25) is 0 Å². The van der Waals surface area contributed by atoms with Crippen molar-refractivity contribution < 1.29 is 4.48 Å². The van der Waals surface area contributed by atoms with E-state index in [1.807, 2.05) is 7.05 Å². The lowest BCUT2D eigenvalue weighted by molar-refractivity contribution is -0.935. The summed E-state index contributed by atoms with van der Waals surface area (Å²) in [6.45, 7) is 22.5. The molecule has 3 heteroatoms. The molecule has 1 aromatic carbocycles. The summed E-state index contributed by atoms with van der Waals surface area (Å²) in [5.74, 6) is 0.735. The van der Waals surface area contributed by atoms with Gasteiger partial charge in [0.2, 0.25) is 0 Å². The fourth-order valence-electron chi connectivity index (χ4n) is 3.24. The predicted molar refractivity (Wildman–Crippen MR) is 112 cm³/mol. The van der Waals surface area contributed by atoms with E-state index in [-0.39, 0.29) is 0 Å². The molecule has 1 rings (SSSR count). The van der Waals surface area contributed by atoms with Crippen LogP contribution in [0.3, 0.4) is 0 Å². The van der Waals surface area contributed by atoms with Crippen LogP contribution in [-0.2, 0) is 6.54 Å². The molecule has 3 nitrogen and oxygen atoms in total. The Morgan fingerprint density at radius 3 is 2.28 bits per heavy atom. The number of likely N-dealkylation sites (N-methyl/N-ethyl adjacent to an activating group) is 2. The molecule has 2 N–H and O–H groups in total. The highest BCUT2D eigenvalue weighted by molar-refractivity contribution is 5.48. The van der Waals surface area contributed by atoms with Crippen LogP contribution >= 0.6 is 0 Å². The molecule has 1 atom stereocenters. The largest absolute Gasteiger partial charge is 0.358 e. The third-order valence-corrected chi connectivity index (χ3v) is 4.64. The summed E-state index contributed by atoms with van der Waals surface area (Å²) in [5, 5.41) is 6.45. The second-order valence-corrected chi connectivity index (χ2v) is 7.79. The van der Waals surface area contributed by atoms with Gasteiger partial charge in [0.15, 0.2) is 0 Å². The van der Waals surface area contributed by atoms with Gasteiger partial charge in [-0.05, 0) is 50.9 Å². The molecule has 1 aromatic rings. The van der Waals surface area contributed by atoms with Crippen molar-refractivity contribution in [3.05, 3.63) is 54.3 Å². The molecule has 0 amide bonds. The van der Waals surface area contributed by atoms with E-state index in [2.05, 4.69) is 75.8 Å². The molecule has 0 aliphatic heterocycles. The lowest BCUT2D eigenvalue weighted by Crippen LogP contribution is -2.49. The fourth-order valence-corrected chi connectivity index (χ4v) is 3.24. The molecule has 140 valence electrons. The van der Waals surface area contributed by atoms with Gasteiger partial charge in [-0.15, -0.1) is 0 Å². The minimum Gasteiger partial charge on any atom is -0.358 e. The highest BCUT2D eigenvalue weighted by atomic mass is 15.3. The van der Waals surface area contributed by atoms with Crippen molar-refractivity contribution in [2.75, 3.05) is 38.5 Å². The standard InChI is InChI=1S/C22H38N3/c1-8-25(16-19(4)5,14-13-18(2)3)17-21-9-11-22(12-10-21)24-20(6)15-23-7/h9-12,18,23-24H,4,6,8,13-17H2,1-3,5,7H3/q+1. The Hall–Kier alpha value is -1.58. The van der Waals surface area contributed by atoms with Crippen molar-refractivity contribution in [1.29, 1.82) is 0 Å². The maximum Gasteiger partial charge on any atom is 0.105 e. The average molecular weight is 345 g/mol. The zero-order chi connectivity index (χ0) is 18.9. The van der Waals surface area contributed by atoms with Gasteiger partial charge >= 0.3 is 0 Å². The quantitative estimate of drug-likeness (QED) is 0.421. The molecule has 25 heavy (non-hydrogen) atoms. The Labute approximate surface area is 155 Å². The third kappa shape index (κ3) is 7.89. The number of hydrogen-bond acceptors (Lipinski definition) is 2. The second kappa shape index (κ2) is 10.4. The van der Waals surface area contributed by atoms with Crippen LogP contribution in [0.15, 0.2) is 48.7 Å². The summed E-state index contributed by atoms with van der Waals surface area (Å²) < 4.78 is 1.09. The first kappa shape index (κ1) is 21.5. The van der Waals surface area contributed by atoms with E-state index >= 15 is 0 Å². The number of quaternary nitrogens is 1. The number of anilines is 1. The summed E-state index contributed by atoms with van der Waals surface area (Å²) in [6, 6.07) is 8.80. The first-order valence-electron chi connectivity index (χ1n) is 9.48. The van der Waals surface area contributed by atoms with Gasteiger partial charge in [0.25, 0.3) is 0 Å². The number of nitrogens with zero attached hydrogens (tertiary/aromatic N) is 1. The molecule has 0 aliphatic carbocycles. The summed E-state index contributed by atoms with van der Waals surface area (Å²) in [7, 11) is 1.93. The molecule has 0 aliphatic rings. The maximum absolute atomic E-state index is 4.18. The maximum atomic E-state index is 4.18. The molecule has 0 spiro atoms. The Balaban J connectivity index is 2.84. The molecule has 0 bridgehead atoms. The first-order valence-corrected chi connectivity index (χ1v) is 9.48. The molecular weight excluding hydrogens is 306 g/mol. The van der Waals surface area contributed by atoms with E-state index in [0.29, 0.717) is 0 Å². The van der Waals surface area contributed by atoms with Crippen molar-refractivity contribution in [2.24, 2.45) is 5.92 Å². The van der Waals surface area contributed by atoms with Gasteiger partial charge in [0, 0.05) is 23.5 Å². The third-order valence-electron chi connectivity index (χ3n) is 4.64. The summed E-state index contributed by atoms with van der Waals surface area (Å²) >= 11 is 0. The lowest BCUT2D eigenvalue weighted by Gasteiger charge is -2.39. The van der Waals surface area contributed by atoms with Crippen LogP contribution in [0.1, 0.15) is 39.7 Å². The van der Waals surface area contributed by atoms with Gasteiger partial charge in [-0.2, -0.15) is 0 Å².